The van der Waals surface area contributed by atoms with Crippen LogP contribution in [0.15, 0.2) is 54.6 Å². The number of hydrogen-bond acceptors (Lipinski definition) is 3. The first-order chi connectivity index (χ1) is 13.1. The van der Waals surface area contributed by atoms with Gasteiger partial charge in [-0.05, 0) is 48.9 Å². The van der Waals surface area contributed by atoms with Gasteiger partial charge in [0.05, 0.1) is 5.41 Å². The van der Waals surface area contributed by atoms with Crippen LogP contribution in [0.1, 0.15) is 30.4 Å². The molecule has 4 heteroatoms. The minimum Gasteiger partial charge on any atom is -0.381 e. The molecule has 144 valence electrons. The highest BCUT2D eigenvalue weighted by molar-refractivity contribution is 5.88. The van der Waals surface area contributed by atoms with E-state index in [0.717, 1.165) is 31.2 Å². The quantitative estimate of drug-likeness (QED) is 0.762. The van der Waals surface area contributed by atoms with Crippen molar-refractivity contribution in [1.82, 2.24) is 5.32 Å². The number of nitrogens with one attached hydrogen (secondary N) is 1. The van der Waals surface area contributed by atoms with Crippen molar-refractivity contribution in [3.05, 3.63) is 65.7 Å². The summed E-state index contributed by atoms with van der Waals surface area (Å²) in [6, 6.07) is 18.8. The summed E-state index contributed by atoms with van der Waals surface area (Å²) in [4.78, 5) is 15.2. The third-order valence-electron chi connectivity index (χ3n) is 5.49. The third kappa shape index (κ3) is 4.69. The van der Waals surface area contributed by atoms with Gasteiger partial charge in [0, 0.05) is 39.5 Å². The molecule has 1 amide bonds. The molecular weight excluding hydrogens is 336 g/mol. The fraction of sp³-hybridized carbons (Fsp3) is 0.435. The molecule has 1 aliphatic rings. The van der Waals surface area contributed by atoms with Crippen LogP contribution in [0, 0.1) is 0 Å². The van der Waals surface area contributed by atoms with Crippen LogP contribution >= 0.6 is 0 Å². The first-order valence-corrected chi connectivity index (χ1v) is 9.80. The van der Waals surface area contributed by atoms with Crippen LogP contribution in [0.5, 0.6) is 0 Å². The zero-order valence-corrected chi connectivity index (χ0v) is 16.4. The summed E-state index contributed by atoms with van der Waals surface area (Å²) >= 11 is 0. The molecule has 0 radical (unpaired) electrons. The van der Waals surface area contributed by atoms with Gasteiger partial charge in [-0.2, -0.15) is 0 Å². The van der Waals surface area contributed by atoms with E-state index in [2.05, 4.69) is 46.6 Å². The average molecular weight is 367 g/mol. The standard InChI is InChI=1S/C23H30N2O2/c1-25(2)21-12-10-19(11-13-21)7-6-16-24-22(26)23(14-17-27-18-15-23)20-8-4-3-5-9-20/h3-5,8-13H,6-7,14-18H2,1-2H3,(H,24,26). The van der Waals surface area contributed by atoms with Crippen LogP contribution in [0.25, 0.3) is 0 Å². The number of carbonyl (C=O) groups is 1. The molecule has 0 unspecified atom stereocenters. The molecule has 1 N–H and O–H groups in total. The second-order valence-corrected chi connectivity index (χ2v) is 7.48. The second kappa shape index (κ2) is 9.05. The van der Waals surface area contributed by atoms with Crippen molar-refractivity contribution < 1.29 is 9.53 Å². The maximum Gasteiger partial charge on any atom is 0.230 e. The number of hydrogen-bond donors (Lipinski definition) is 1. The topological polar surface area (TPSA) is 41.6 Å². The number of benzene rings is 2. The smallest absolute Gasteiger partial charge is 0.230 e. The van der Waals surface area contributed by atoms with Crippen LogP contribution in [0.3, 0.4) is 0 Å². The Labute approximate surface area is 162 Å². The van der Waals surface area contributed by atoms with Gasteiger partial charge in [0.1, 0.15) is 0 Å². The summed E-state index contributed by atoms with van der Waals surface area (Å²) in [7, 11) is 4.09. The normalized spacial score (nSPS) is 15.9. The van der Waals surface area contributed by atoms with E-state index in [0.29, 0.717) is 19.8 Å². The Morgan fingerprint density at radius 2 is 1.70 bits per heavy atom. The Hall–Kier alpha value is -2.33. The predicted octanol–water partition coefficient (Wildman–Crippen LogP) is 3.55. The lowest BCUT2D eigenvalue weighted by Crippen LogP contribution is -2.48. The largest absolute Gasteiger partial charge is 0.381 e. The summed E-state index contributed by atoms with van der Waals surface area (Å²) in [5.41, 5.74) is 3.16. The van der Waals surface area contributed by atoms with Gasteiger partial charge in [0.2, 0.25) is 5.91 Å². The molecule has 0 spiro atoms. The number of amides is 1. The van der Waals surface area contributed by atoms with Crippen molar-refractivity contribution in [3.63, 3.8) is 0 Å². The SMILES string of the molecule is CN(C)c1ccc(CCCNC(=O)C2(c3ccccc3)CCOCC2)cc1. The van der Waals surface area contributed by atoms with E-state index in [9.17, 15) is 4.79 Å². The fourth-order valence-electron chi connectivity index (χ4n) is 3.75. The summed E-state index contributed by atoms with van der Waals surface area (Å²) in [5.74, 6) is 0.139. The van der Waals surface area contributed by atoms with E-state index in [-0.39, 0.29) is 5.91 Å². The Kier molecular flexibility index (Phi) is 6.51. The number of aryl methyl sites for hydroxylation is 1. The first kappa shape index (κ1) is 19.4. The Morgan fingerprint density at radius 3 is 2.33 bits per heavy atom. The van der Waals surface area contributed by atoms with Crippen LogP contribution in [0.4, 0.5) is 5.69 Å². The molecule has 1 fully saturated rings. The van der Waals surface area contributed by atoms with Gasteiger partial charge >= 0.3 is 0 Å². The number of nitrogens with zero attached hydrogens (tertiary/aromatic N) is 1. The van der Waals surface area contributed by atoms with E-state index < -0.39 is 5.41 Å². The molecular formula is C23H30N2O2. The van der Waals surface area contributed by atoms with Gasteiger partial charge in [-0.25, -0.2) is 0 Å². The summed E-state index contributed by atoms with van der Waals surface area (Å²) in [6.45, 7) is 1.98. The van der Waals surface area contributed by atoms with Crippen LogP contribution in [0.2, 0.25) is 0 Å². The van der Waals surface area contributed by atoms with Crippen molar-refractivity contribution in [2.75, 3.05) is 38.8 Å². The maximum absolute atomic E-state index is 13.1. The van der Waals surface area contributed by atoms with Crippen molar-refractivity contribution in [2.45, 2.75) is 31.1 Å². The van der Waals surface area contributed by atoms with E-state index in [1.54, 1.807) is 0 Å². The van der Waals surface area contributed by atoms with Crippen LogP contribution in [-0.4, -0.2) is 39.8 Å². The van der Waals surface area contributed by atoms with E-state index in [1.165, 1.54) is 11.3 Å². The first-order valence-electron chi connectivity index (χ1n) is 9.80. The lowest BCUT2D eigenvalue weighted by Gasteiger charge is -2.36. The highest BCUT2D eigenvalue weighted by Gasteiger charge is 2.41. The summed E-state index contributed by atoms with van der Waals surface area (Å²) in [5, 5.41) is 3.19. The Morgan fingerprint density at radius 1 is 1.04 bits per heavy atom. The maximum atomic E-state index is 13.1. The van der Waals surface area contributed by atoms with Crippen LogP contribution in [-0.2, 0) is 21.4 Å². The summed E-state index contributed by atoms with van der Waals surface area (Å²) in [6.07, 6.45) is 3.40. The van der Waals surface area contributed by atoms with E-state index in [4.69, 9.17) is 4.74 Å². The zero-order chi connectivity index (χ0) is 19.1. The van der Waals surface area contributed by atoms with Gasteiger partial charge < -0.3 is 15.0 Å². The Bertz CT molecular complexity index is 720. The molecule has 2 aromatic carbocycles. The molecule has 1 heterocycles. The van der Waals surface area contributed by atoms with Gasteiger partial charge in [0.25, 0.3) is 0 Å². The second-order valence-electron chi connectivity index (χ2n) is 7.48. The van der Waals surface area contributed by atoms with Crippen molar-refractivity contribution in [3.8, 4) is 0 Å². The summed E-state index contributed by atoms with van der Waals surface area (Å²) < 4.78 is 5.52. The molecule has 3 rings (SSSR count). The number of rotatable bonds is 7. The number of ether oxygens (including phenoxy) is 1. The molecule has 0 aromatic heterocycles. The van der Waals surface area contributed by atoms with Crippen molar-refractivity contribution in [1.29, 1.82) is 0 Å². The molecule has 0 atom stereocenters. The number of anilines is 1. The Balaban J connectivity index is 1.55. The molecule has 0 bridgehead atoms. The highest BCUT2D eigenvalue weighted by atomic mass is 16.5. The van der Waals surface area contributed by atoms with Crippen molar-refractivity contribution >= 4 is 11.6 Å². The highest BCUT2D eigenvalue weighted by Crippen LogP contribution is 2.35. The van der Waals surface area contributed by atoms with Gasteiger partial charge in [-0.15, -0.1) is 0 Å². The molecule has 4 nitrogen and oxygen atoms in total. The van der Waals surface area contributed by atoms with Gasteiger partial charge in [-0.1, -0.05) is 42.5 Å². The van der Waals surface area contributed by atoms with Crippen LogP contribution < -0.4 is 10.2 Å². The minimum atomic E-state index is -0.452. The van der Waals surface area contributed by atoms with E-state index in [1.807, 2.05) is 32.3 Å². The molecule has 0 saturated carbocycles. The molecule has 2 aromatic rings. The number of carbonyl (C=O) groups excluding carboxylic acids is 1. The van der Waals surface area contributed by atoms with Crippen molar-refractivity contribution in [2.24, 2.45) is 0 Å². The molecule has 1 aliphatic heterocycles. The lowest BCUT2D eigenvalue weighted by molar-refractivity contribution is -0.130. The molecule has 27 heavy (non-hydrogen) atoms. The predicted molar refractivity (Wildman–Crippen MR) is 110 cm³/mol. The fourth-order valence-corrected chi connectivity index (χ4v) is 3.75. The molecule has 1 saturated heterocycles. The van der Waals surface area contributed by atoms with Gasteiger partial charge in [0.15, 0.2) is 0 Å². The minimum absolute atomic E-state index is 0.139. The zero-order valence-electron chi connectivity index (χ0n) is 16.4. The van der Waals surface area contributed by atoms with Gasteiger partial charge in [-0.3, -0.25) is 4.79 Å². The molecule has 0 aliphatic carbocycles. The van der Waals surface area contributed by atoms with E-state index >= 15 is 0 Å². The monoisotopic (exact) mass is 366 g/mol. The lowest BCUT2D eigenvalue weighted by atomic mass is 9.73. The average Bonchev–Trinajstić information content (AvgIpc) is 2.72. The third-order valence-corrected chi connectivity index (χ3v) is 5.49.